The molecule has 1 aromatic rings. The molecule has 1 fully saturated rings. The molecule has 1 heterocycles. The van der Waals surface area contributed by atoms with Gasteiger partial charge < -0.3 is 9.84 Å². The third-order valence-corrected chi connectivity index (χ3v) is 5.25. The number of aryl methyl sites for hydroxylation is 1. The summed E-state index contributed by atoms with van der Waals surface area (Å²) in [6, 6.07) is 6.52. The van der Waals surface area contributed by atoms with Gasteiger partial charge in [-0.25, -0.2) is 0 Å². The average molecular weight is 274 g/mol. The van der Waals surface area contributed by atoms with E-state index in [4.69, 9.17) is 4.74 Å². The fraction of sp³-hybridized carbons (Fsp3) is 0.667. The number of hydrogen-bond acceptors (Lipinski definition) is 2. The van der Waals surface area contributed by atoms with E-state index in [1.165, 1.54) is 30.4 Å². The molecule has 0 bridgehead atoms. The smallest absolute Gasteiger partial charge is 0.122 e. The average Bonchev–Trinajstić information content (AvgIpc) is 2.94. The molecule has 110 valence electrons. The lowest BCUT2D eigenvalue weighted by Gasteiger charge is -2.36. The van der Waals surface area contributed by atoms with Gasteiger partial charge in [-0.3, -0.25) is 0 Å². The Bertz CT molecular complexity index is 458. The van der Waals surface area contributed by atoms with Gasteiger partial charge in [-0.15, -0.1) is 0 Å². The van der Waals surface area contributed by atoms with Crippen molar-refractivity contribution in [2.45, 2.75) is 63.9 Å². The first kappa shape index (κ1) is 13.9. The Kier molecular flexibility index (Phi) is 4.02. The summed E-state index contributed by atoms with van der Waals surface area (Å²) in [4.78, 5) is 0. The molecule has 0 amide bonds. The minimum Gasteiger partial charge on any atom is -0.493 e. The van der Waals surface area contributed by atoms with Crippen LogP contribution in [-0.2, 0) is 12.8 Å². The molecule has 0 aromatic heterocycles. The van der Waals surface area contributed by atoms with Crippen molar-refractivity contribution in [3.8, 4) is 5.75 Å². The zero-order valence-electron chi connectivity index (χ0n) is 12.5. The van der Waals surface area contributed by atoms with E-state index in [1.54, 1.807) is 0 Å². The lowest BCUT2D eigenvalue weighted by atomic mass is 9.75. The normalized spacial score (nSPS) is 29.0. The number of benzene rings is 1. The fourth-order valence-electron chi connectivity index (χ4n) is 3.65. The summed E-state index contributed by atoms with van der Waals surface area (Å²) in [6.45, 7) is 3.09. The Morgan fingerprint density at radius 3 is 2.85 bits per heavy atom. The summed E-state index contributed by atoms with van der Waals surface area (Å²) >= 11 is 0. The second-order valence-electron chi connectivity index (χ2n) is 6.62. The second-order valence-corrected chi connectivity index (χ2v) is 6.62. The van der Waals surface area contributed by atoms with Crippen LogP contribution >= 0.6 is 0 Å². The van der Waals surface area contributed by atoms with Crippen molar-refractivity contribution >= 4 is 0 Å². The highest BCUT2D eigenvalue weighted by molar-refractivity contribution is 5.39. The fourth-order valence-corrected chi connectivity index (χ4v) is 3.65. The summed E-state index contributed by atoms with van der Waals surface area (Å²) in [6.07, 6.45) is 8.56. The Morgan fingerprint density at radius 2 is 2.10 bits per heavy atom. The summed E-state index contributed by atoms with van der Waals surface area (Å²) in [5.74, 6) is 1.89. The lowest BCUT2D eigenvalue weighted by molar-refractivity contribution is -0.0166. The summed E-state index contributed by atoms with van der Waals surface area (Å²) in [5, 5.41) is 10.7. The van der Waals surface area contributed by atoms with E-state index < -0.39 is 5.60 Å². The van der Waals surface area contributed by atoms with Crippen molar-refractivity contribution in [2.24, 2.45) is 5.92 Å². The molecule has 3 rings (SSSR count). The molecule has 2 aliphatic rings. The minimum absolute atomic E-state index is 0.415. The molecule has 0 spiro atoms. The van der Waals surface area contributed by atoms with E-state index in [0.29, 0.717) is 0 Å². The van der Waals surface area contributed by atoms with Crippen molar-refractivity contribution in [1.29, 1.82) is 0 Å². The molecule has 2 heteroatoms. The van der Waals surface area contributed by atoms with Gasteiger partial charge in [0.25, 0.3) is 0 Å². The molecular formula is C18H26O2. The molecule has 1 aliphatic heterocycles. The molecule has 1 aromatic carbocycles. The zero-order valence-corrected chi connectivity index (χ0v) is 12.5. The van der Waals surface area contributed by atoms with Crippen molar-refractivity contribution in [3.05, 3.63) is 29.3 Å². The van der Waals surface area contributed by atoms with Crippen LogP contribution in [0.4, 0.5) is 0 Å². The van der Waals surface area contributed by atoms with Crippen LogP contribution < -0.4 is 4.74 Å². The molecule has 1 saturated carbocycles. The Morgan fingerprint density at radius 1 is 1.30 bits per heavy atom. The van der Waals surface area contributed by atoms with Crippen molar-refractivity contribution in [1.82, 2.24) is 0 Å². The summed E-state index contributed by atoms with van der Waals surface area (Å²) in [5.41, 5.74) is 2.27. The number of hydrogen-bond donors (Lipinski definition) is 1. The van der Waals surface area contributed by atoms with Gasteiger partial charge in [0.05, 0.1) is 12.2 Å². The predicted molar refractivity (Wildman–Crippen MR) is 81.2 cm³/mol. The van der Waals surface area contributed by atoms with Gasteiger partial charge >= 0.3 is 0 Å². The summed E-state index contributed by atoms with van der Waals surface area (Å²) in [7, 11) is 0. The van der Waals surface area contributed by atoms with Crippen LogP contribution in [0.25, 0.3) is 0 Å². The quantitative estimate of drug-likeness (QED) is 0.902. The van der Waals surface area contributed by atoms with Crippen LogP contribution in [0.15, 0.2) is 18.2 Å². The highest BCUT2D eigenvalue weighted by atomic mass is 16.5. The molecule has 1 N–H and O–H groups in total. The Hall–Kier alpha value is -1.02. The van der Waals surface area contributed by atoms with E-state index in [9.17, 15) is 5.11 Å². The molecule has 0 unspecified atom stereocenters. The van der Waals surface area contributed by atoms with Crippen molar-refractivity contribution in [2.75, 3.05) is 6.61 Å². The standard InChI is InChI=1S/C18H26O2/c1-2-14-5-9-18(19,10-6-14)11-7-15-3-4-17-16(13-15)8-12-20-17/h3-4,13-14,19H,2,5-12H2,1H3. The first-order valence-electron chi connectivity index (χ1n) is 8.15. The number of rotatable bonds is 4. The first-order valence-corrected chi connectivity index (χ1v) is 8.15. The third-order valence-electron chi connectivity index (χ3n) is 5.25. The maximum atomic E-state index is 10.7. The van der Waals surface area contributed by atoms with Gasteiger partial charge in [0.1, 0.15) is 5.75 Å². The van der Waals surface area contributed by atoms with E-state index in [2.05, 4.69) is 25.1 Å². The van der Waals surface area contributed by atoms with Gasteiger partial charge in [0.2, 0.25) is 0 Å². The highest BCUT2D eigenvalue weighted by Gasteiger charge is 2.32. The molecular weight excluding hydrogens is 248 g/mol. The topological polar surface area (TPSA) is 29.5 Å². The summed E-state index contributed by atoms with van der Waals surface area (Å²) < 4.78 is 5.54. The largest absolute Gasteiger partial charge is 0.493 e. The van der Waals surface area contributed by atoms with Crippen molar-refractivity contribution in [3.63, 3.8) is 0 Å². The highest BCUT2D eigenvalue weighted by Crippen LogP contribution is 2.36. The monoisotopic (exact) mass is 274 g/mol. The second kappa shape index (κ2) is 5.77. The molecule has 1 aliphatic carbocycles. The number of aliphatic hydroxyl groups is 1. The number of ether oxygens (including phenoxy) is 1. The van der Waals surface area contributed by atoms with E-state index in [0.717, 1.165) is 50.4 Å². The van der Waals surface area contributed by atoms with Gasteiger partial charge in [-0.05, 0) is 61.6 Å². The Balaban J connectivity index is 1.56. The Labute approximate surface area is 122 Å². The van der Waals surface area contributed by atoms with Crippen molar-refractivity contribution < 1.29 is 9.84 Å². The number of fused-ring (bicyclic) bond motifs is 1. The van der Waals surface area contributed by atoms with Crippen LogP contribution in [0.3, 0.4) is 0 Å². The van der Waals surface area contributed by atoms with Crippen LogP contribution in [-0.4, -0.2) is 17.3 Å². The third kappa shape index (κ3) is 3.01. The van der Waals surface area contributed by atoms with E-state index in [-0.39, 0.29) is 0 Å². The molecule has 0 saturated heterocycles. The van der Waals surface area contributed by atoms with E-state index >= 15 is 0 Å². The van der Waals surface area contributed by atoms with Gasteiger partial charge in [0.15, 0.2) is 0 Å². The van der Waals surface area contributed by atoms with Crippen LogP contribution in [0.1, 0.15) is 56.6 Å². The van der Waals surface area contributed by atoms with Crippen LogP contribution in [0.5, 0.6) is 5.75 Å². The SMILES string of the molecule is CCC1CCC(O)(CCc2ccc3c(c2)CCO3)CC1. The molecule has 0 radical (unpaired) electrons. The maximum Gasteiger partial charge on any atom is 0.122 e. The molecule has 20 heavy (non-hydrogen) atoms. The van der Waals surface area contributed by atoms with Gasteiger partial charge in [0, 0.05) is 6.42 Å². The predicted octanol–water partition coefficient (Wildman–Crippen LogP) is 3.89. The zero-order chi connectivity index (χ0) is 14.0. The van der Waals surface area contributed by atoms with Gasteiger partial charge in [-0.1, -0.05) is 25.5 Å². The van der Waals surface area contributed by atoms with Crippen LogP contribution in [0, 0.1) is 5.92 Å². The molecule has 0 atom stereocenters. The van der Waals surface area contributed by atoms with Crippen LogP contribution in [0.2, 0.25) is 0 Å². The first-order chi connectivity index (χ1) is 9.68. The maximum absolute atomic E-state index is 10.7. The molecule has 2 nitrogen and oxygen atoms in total. The minimum atomic E-state index is -0.415. The lowest BCUT2D eigenvalue weighted by Crippen LogP contribution is -2.34. The van der Waals surface area contributed by atoms with Gasteiger partial charge in [-0.2, -0.15) is 0 Å². The van der Waals surface area contributed by atoms with E-state index in [1.807, 2.05) is 0 Å².